The highest BCUT2D eigenvalue weighted by Crippen LogP contribution is 2.03. The van der Waals surface area contributed by atoms with E-state index in [0.717, 1.165) is 12.8 Å². The maximum absolute atomic E-state index is 13.2. The van der Waals surface area contributed by atoms with E-state index in [9.17, 15) is 18.8 Å². The Hall–Kier alpha value is -2.49. The van der Waals surface area contributed by atoms with Gasteiger partial charge in [-0.2, -0.15) is 4.98 Å². The second-order valence-electron chi connectivity index (χ2n) is 4.56. The first-order valence-electron chi connectivity index (χ1n) is 6.71. The van der Waals surface area contributed by atoms with Crippen molar-refractivity contribution in [3.05, 3.63) is 22.5 Å². The number of nitrogen functional groups attached to an aromatic ring is 1. The zero-order valence-electron chi connectivity index (χ0n) is 11.8. The van der Waals surface area contributed by atoms with Crippen molar-refractivity contribution in [1.82, 2.24) is 20.3 Å². The fourth-order valence-corrected chi connectivity index (χ4v) is 1.69. The van der Waals surface area contributed by atoms with Crippen LogP contribution in [0.5, 0.6) is 0 Å². The quantitative estimate of drug-likeness (QED) is 0.317. The monoisotopic (exact) mass is 315 g/mol. The van der Waals surface area contributed by atoms with Crippen LogP contribution in [0.3, 0.4) is 0 Å². The van der Waals surface area contributed by atoms with Crippen molar-refractivity contribution in [2.75, 3.05) is 12.3 Å². The van der Waals surface area contributed by atoms with Crippen molar-refractivity contribution in [2.45, 2.75) is 32.1 Å². The maximum atomic E-state index is 13.2. The van der Waals surface area contributed by atoms with Crippen LogP contribution in [-0.2, 0) is 4.79 Å². The third-order valence-electron chi connectivity index (χ3n) is 2.86. The van der Waals surface area contributed by atoms with Gasteiger partial charge in [-0.05, 0) is 12.8 Å². The Kier molecular flexibility index (Phi) is 6.96. The predicted molar refractivity (Wildman–Crippen MR) is 74.7 cm³/mol. The van der Waals surface area contributed by atoms with Gasteiger partial charge in [0.2, 0.25) is 5.91 Å². The molecule has 1 aromatic rings. The maximum Gasteiger partial charge on any atom is 0.357 e. The van der Waals surface area contributed by atoms with Gasteiger partial charge < -0.3 is 11.1 Å². The molecule has 5 N–H and O–H groups in total. The molecule has 0 fully saturated rings. The highest BCUT2D eigenvalue weighted by Gasteiger charge is 2.11. The molecule has 0 bridgehead atoms. The van der Waals surface area contributed by atoms with E-state index < -0.39 is 29.3 Å². The lowest BCUT2D eigenvalue weighted by Gasteiger charge is -2.07. The molecule has 0 atom stereocenters. The van der Waals surface area contributed by atoms with Crippen molar-refractivity contribution in [3.63, 3.8) is 0 Å². The van der Waals surface area contributed by atoms with Crippen LogP contribution >= 0.6 is 0 Å². The summed E-state index contributed by atoms with van der Waals surface area (Å²) in [6.45, 7) is 0.295. The number of halogens is 1. The number of unbranched alkanes of at least 4 members (excludes halogenated alkanes) is 3. The summed E-state index contributed by atoms with van der Waals surface area (Å²) in [7, 11) is 0. The Labute approximate surface area is 125 Å². The molecule has 0 unspecified atom stereocenters. The predicted octanol–water partition coefficient (Wildman–Crippen LogP) is -0.0218. The molecule has 0 aliphatic rings. The zero-order valence-corrected chi connectivity index (χ0v) is 11.8. The number of rotatable bonds is 7. The average Bonchev–Trinajstić information content (AvgIpc) is 2.49. The Morgan fingerprint density at radius 2 is 2.00 bits per heavy atom. The van der Waals surface area contributed by atoms with Crippen molar-refractivity contribution in [1.29, 1.82) is 0 Å². The number of nitrogens with one attached hydrogen (secondary N) is 2. The van der Waals surface area contributed by atoms with Crippen LogP contribution in [0.15, 0.2) is 11.0 Å². The molecule has 122 valence electrons. The molecule has 0 saturated heterocycles. The summed E-state index contributed by atoms with van der Waals surface area (Å²) >= 11 is 0. The van der Waals surface area contributed by atoms with Gasteiger partial charge in [-0.3, -0.25) is 10.0 Å². The third kappa shape index (κ3) is 5.48. The van der Waals surface area contributed by atoms with Crippen molar-refractivity contribution in [3.8, 4) is 0 Å². The number of nitrogens with two attached hydrogens (primary N) is 1. The lowest BCUT2D eigenvalue weighted by atomic mass is 10.1. The number of hydrogen-bond acceptors (Lipinski definition) is 6. The Bertz CT molecular complexity index is 589. The molecule has 0 spiro atoms. The lowest BCUT2D eigenvalue weighted by molar-refractivity contribution is -0.129. The number of carbonyl (C=O) groups excluding carboxylic acids is 2. The molecular weight excluding hydrogens is 297 g/mol. The van der Waals surface area contributed by atoms with Gasteiger partial charge in [-0.25, -0.2) is 24.0 Å². The lowest BCUT2D eigenvalue weighted by Crippen LogP contribution is -2.38. The minimum atomic E-state index is -0.952. The van der Waals surface area contributed by atoms with Gasteiger partial charge in [0.05, 0.1) is 6.20 Å². The fourth-order valence-electron chi connectivity index (χ4n) is 1.69. The van der Waals surface area contributed by atoms with E-state index in [0.29, 0.717) is 30.2 Å². The first-order valence-corrected chi connectivity index (χ1v) is 6.71. The van der Waals surface area contributed by atoms with Crippen LogP contribution in [-0.4, -0.2) is 33.2 Å². The summed E-state index contributed by atoms with van der Waals surface area (Å²) in [5.74, 6) is -1.94. The summed E-state index contributed by atoms with van der Waals surface area (Å²) in [6, 6.07) is -0.781. The zero-order chi connectivity index (χ0) is 16.5. The van der Waals surface area contributed by atoms with E-state index in [1.807, 2.05) is 0 Å². The van der Waals surface area contributed by atoms with Gasteiger partial charge in [0.1, 0.15) is 0 Å². The third-order valence-corrected chi connectivity index (χ3v) is 2.86. The van der Waals surface area contributed by atoms with Crippen LogP contribution in [0.4, 0.5) is 15.0 Å². The van der Waals surface area contributed by atoms with E-state index >= 15 is 0 Å². The Balaban J connectivity index is 2.28. The van der Waals surface area contributed by atoms with Gasteiger partial charge in [-0.1, -0.05) is 12.8 Å². The van der Waals surface area contributed by atoms with Crippen LogP contribution in [0.1, 0.15) is 32.1 Å². The standard InChI is InChI=1S/C12H18FN5O4/c13-8-7-18(12(21)16-10(8)14)11(20)15-6-4-2-1-3-5-9(19)17-22/h7,22H,1-6H2,(H,15,20)(H,17,19)(H2,14,16,21). The molecule has 1 rings (SSSR count). The van der Waals surface area contributed by atoms with Gasteiger partial charge >= 0.3 is 11.7 Å². The van der Waals surface area contributed by atoms with Crippen LogP contribution in [0.25, 0.3) is 0 Å². The fraction of sp³-hybridized carbons (Fsp3) is 0.500. The molecule has 22 heavy (non-hydrogen) atoms. The summed E-state index contributed by atoms with van der Waals surface area (Å²) in [5.41, 5.74) is 5.70. The highest BCUT2D eigenvalue weighted by atomic mass is 19.1. The second kappa shape index (κ2) is 8.72. The number of hydrogen-bond donors (Lipinski definition) is 4. The molecule has 0 radical (unpaired) electrons. The molecular formula is C12H18FN5O4. The molecule has 10 heteroatoms. The first kappa shape index (κ1) is 17.6. The minimum absolute atomic E-state index is 0.231. The summed E-state index contributed by atoms with van der Waals surface area (Å²) in [5, 5.41) is 10.7. The van der Waals surface area contributed by atoms with E-state index in [-0.39, 0.29) is 6.42 Å². The molecule has 1 heterocycles. The number of nitrogens with zero attached hydrogens (tertiary/aromatic N) is 2. The molecule has 0 saturated carbocycles. The molecule has 9 nitrogen and oxygen atoms in total. The smallest absolute Gasteiger partial charge is 0.357 e. The second-order valence-corrected chi connectivity index (χ2v) is 4.56. The summed E-state index contributed by atoms with van der Waals surface area (Å²) in [4.78, 5) is 37.0. The molecule has 0 aromatic carbocycles. The van der Waals surface area contributed by atoms with Crippen LogP contribution in [0, 0.1) is 5.82 Å². The van der Waals surface area contributed by atoms with E-state index in [4.69, 9.17) is 10.9 Å². The van der Waals surface area contributed by atoms with Gasteiger partial charge in [-0.15, -0.1) is 0 Å². The van der Waals surface area contributed by atoms with Crippen molar-refractivity contribution >= 4 is 17.8 Å². The Morgan fingerprint density at radius 1 is 1.32 bits per heavy atom. The number of carbonyl (C=O) groups is 2. The van der Waals surface area contributed by atoms with E-state index in [1.54, 1.807) is 5.48 Å². The van der Waals surface area contributed by atoms with E-state index in [2.05, 4.69) is 10.3 Å². The molecule has 2 amide bonds. The SMILES string of the molecule is Nc1nc(=O)n(C(=O)NCCCCCCC(=O)NO)cc1F. The van der Waals surface area contributed by atoms with Crippen molar-refractivity contribution < 1.29 is 19.2 Å². The molecule has 0 aliphatic heterocycles. The Morgan fingerprint density at radius 3 is 2.68 bits per heavy atom. The van der Waals surface area contributed by atoms with Crippen LogP contribution in [0.2, 0.25) is 0 Å². The summed E-state index contributed by atoms with van der Waals surface area (Å²) in [6.07, 6.45) is 3.67. The normalized spacial score (nSPS) is 10.3. The van der Waals surface area contributed by atoms with Gasteiger partial charge in [0.25, 0.3) is 0 Å². The number of amides is 2. The van der Waals surface area contributed by atoms with Gasteiger partial charge in [0, 0.05) is 13.0 Å². The van der Waals surface area contributed by atoms with Crippen molar-refractivity contribution in [2.24, 2.45) is 0 Å². The van der Waals surface area contributed by atoms with Crippen LogP contribution < -0.4 is 22.2 Å². The summed E-state index contributed by atoms with van der Waals surface area (Å²) < 4.78 is 13.7. The van der Waals surface area contributed by atoms with Gasteiger partial charge in [0.15, 0.2) is 11.6 Å². The minimum Gasteiger partial charge on any atom is -0.381 e. The first-order chi connectivity index (χ1) is 10.5. The average molecular weight is 315 g/mol. The largest absolute Gasteiger partial charge is 0.381 e. The number of hydroxylamine groups is 1. The molecule has 1 aromatic heterocycles. The topological polar surface area (TPSA) is 139 Å². The number of anilines is 1. The number of aromatic nitrogens is 2. The highest BCUT2D eigenvalue weighted by molar-refractivity contribution is 5.76. The molecule has 0 aliphatic carbocycles. The van der Waals surface area contributed by atoms with E-state index in [1.165, 1.54) is 0 Å².